The van der Waals surface area contributed by atoms with E-state index in [0.29, 0.717) is 0 Å². The third kappa shape index (κ3) is 3.51. The van der Waals surface area contributed by atoms with Crippen LogP contribution in [-0.4, -0.2) is 10.5 Å². The Kier molecular flexibility index (Phi) is 4.48. The molecule has 0 amide bonds. The molecule has 1 N–H and O–H groups in total. The van der Waals surface area contributed by atoms with Gasteiger partial charge in [0.1, 0.15) is 5.82 Å². The van der Waals surface area contributed by atoms with Crippen molar-refractivity contribution in [2.45, 2.75) is 45.3 Å². The number of hydrogen-bond donors (Lipinski definition) is 1. The minimum Gasteiger partial charge on any atom is -0.364 e. The molecule has 0 unspecified atom stereocenters. The molecule has 102 valence electrons. The number of halogens is 4. The molecule has 0 saturated heterocycles. The molecule has 0 aliphatic rings. The third-order valence-electron chi connectivity index (χ3n) is 3.15. The molecule has 1 heterocycles. The van der Waals surface area contributed by atoms with Gasteiger partial charge < -0.3 is 5.32 Å². The summed E-state index contributed by atoms with van der Waals surface area (Å²) in [6.07, 6.45) is -1.99. The molecule has 0 spiro atoms. The molecule has 0 aromatic carbocycles. The molecule has 1 aromatic rings. The topological polar surface area (TPSA) is 24.9 Å². The molecular weight excluding hydrogens is 265 g/mol. The van der Waals surface area contributed by atoms with E-state index in [1.165, 1.54) is 0 Å². The summed E-state index contributed by atoms with van der Waals surface area (Å²) in [5.41, 5.74) is -1.07. The Balaban J connectivity index is 3.00. The average Bonchev–Trinajstić information content (AvgIpc) is 2.30. The van der Waals surface area contributed by atoms with E-state index < -0.39 is 11.7 Å². The summed E-state index contributed by atoms with van der Waals surface area (Å²) in [6, 6.07) is 0.891. The molecule has 0 fully saturated rings. The fourth-order valence-electron chi connectivity index (χ4n) is 1.40. The van der Waals surface area contributed by atoms with Gasteiger partial charge in [0.25, 0.3) is 0 Å². The predicted molar refractivity (Wildman–Crippen MR) is 66.9 cm³/mol. The fourth-order valence-corrected chi connectivity index (χ4v) is 1.61. The van der Waals surface area contributed by atoms with Gasteiger partial charge in [0.15, 0.2) is 0 Å². The van der Waals surface area contributed by atoms with Crippen LogP contribution in [0.5, 0.6) is 0 Å². The molecule has 0 saturated carbocycles. The van der Waals surface area contributed by atoms with Gasteiger partial charge in [-0.25, -0.2) is 4.98 Å². The van der Waals surface area contributed by atoms with E-state index in [0.717, 1.165) is 25.1 Å². The molecule has 0 aliphatic carbocycles. The van der Waals surface area contributed by atoms with Gasteiger partial charge in [0.05, 0.1) is 10.6 Å². The number of aromatic nitrogens is 1. The number of alkyl halides is 3. The van der Waals surface area contributed by atoms with E-state index >= 15 is 0 Å². The van der Waals surface area contributed by atoms with Crippen LogP contribution in [0.25, 0.3) is 0 Å². The van der Waals surface area contributed by atoms with Gasteiger partial charge in [-0.15, -0.1) is 0 Å². The van der Waals surface area contributed by atoms with Gasteiger partial charge in [0, 0.05) is 11.7 Å². The molecule has 0 bridgehead atoms. The van der Waals surface area contributed by atoms with Crippen molar-refractivity contribution in [3.63, 3.8) is 0 Å². The van der Waals surface area contributed by atoms with Gasteiger partial charge in [-0.05, 0) is 25.8 Å². The summed E-state index contributed by atoms with van der Waals surface area (Å²) in [6.45, 7) is 5.96. The number of nitrogens with one attached hydrogen (secondary N) is 1. The van der Waals surface area contributed by atoms with E-state index in [2.05, 4.69) is 10.3 Å². The number of anilines is 1. The van der Waals surface area contributed by atoms with Gasteiger partial charge in [-0.3, -0.25) is 0 Å². The summed E-state index contributed by atoms with van der Waals surface area (Å²) in [5.74, 6) is 0.288. The molecule has 18 heavy (non-hydrogen) atoms. The van der Waals surface area contributed by atoms with Crippen molar-refractivity contribution in [1.29, 1.82) is 0 Å². The number of rotatable bonds is 4. The number of hydrogen-bond acceptors (Lipinski definition) is 2. The van der Waals surface area contributed by atoms with Gasteiger partial charge in [-0.2, -0.15) is 13.2 Å². The smallest absolute Gasteiger partial charge is 0.364 e. The SMILES string of the molecule is CCC(C)(CC)Nc1ncc(C(F)(F)F)cc1Cl. The molecule has 6 heteroatoms. The Morgan fingerprint density at radius 1 is 1.28 bits per heavy atom. The van der Waals surface area contributed by atoms with Crippen LogP contribution in [0, 0.1) is 0 Å². The zero-order valence-corrected chi connectivity index (χ0v) is 11.3. The molecule has 0 radical (unpaired) electrons. The average molecular weight is 281 g/mol. The Morgan fingerprint density at radius 2 is 1.83 bits per heavy atom. The molecule has 2 nitrogen and oxygen atoms in total. The number of pyridine rings is 1. The highest BCUT2D eigenvalue weighted by Crippen LogP contribution is 2.33. The van der Waals surface area contributed by atoms with Crippen molar-refractivity contribution in [3.8, 4) is 0 Å². The Morgan fingerprint density at radius 3 is 2.22 bits per heavy atom. The van der Waals surface area contributed by atoms with Crippen LogP contribution in [0.3, 0.4) is 0 Å². The number of nitrogens with zero attached hydrogens (tertiary/aromatic N) is 1. The van der Waals surface area contributed by atoms with E-state index in [-0.39, 0.29) is 16.4 Å². The summed E-state index contributed by atoms with van der Waals surface area (Å²) in [5, 5.41) is 3.08. The summed E-state index contributed by atoms with van der Waals surface area (Å²) >= 11 is 5.83. The first-order chi connectivity index (χ1) is 8.22. The highest BCUT2D eigenvalue weighted by Gasteiger charge is 2.32. The zero-order valence-electron chi connectivity index (χ0n) is 10.5. The Labute approximate surface area is 110 Å². The van der Waals surface area contributed by atoms with Crippen LogP contribution < -0.4 is 5.32 Å². The van der Waals surface area contributed by atoms with E-state index in [4.69, 9.17) is 11.6 Å². The largest absolute Gasteiger partial charge is 0.417 e. The standard InChI is InChI=1S/C12H16ClF3N2/c1-4-11(3,5-2)18-10-9(13)6-8(7-17-10)12(14,15)16/h6-7H,4-5H2,1-3H3,(H,17,18). The molecule has 1 rings (SSSR count). The summed E-state index contributed by atoms with van der Waals surface area (Å²) < 4.78 is 37.4. The summed E-state index contributed by atoms with van der Waals surface area (Å²) in [7, 11) is 0. The van der Waals surface area contributed by atoms with Crippen LogP contribution in [0.1, 0.15) is 39.2 Å². The molecular formula is C12H16ClF3N2. The Bertz CT molecular complexity index is 414. The van der Waals surface area contributed by atoms with Crippen molar-refractivity contribution in [2.75, 3.05) is 5.32 Å². The maximum atomic E-state index is 12.5. The van der Waals surface area contributed by atoms with Crippen LogP contribution in [0.4, 0.5) is 19.0 Å². The van der Waals surface area contributed by atoms with Crippen LogP contribution in [0.15, 0.2) is 12.3 Å². The van der Waals surface area contributed by atoms with Gasteiger partial charge >= 0.3 is 6.18 Å². The lowest BCUT2D eigenvalue weighted by Gasteiger charge is -2.29. The van der Waals surface area contributed by atoms with E-state index in [1.807, 2.05) is 20.8 Å². The maximum absolute atomic E-state index is 12.5. The van der Waals surface area contributed by atoms with Crippen molar-refractivity contribution in [3.05, 3.63) is 22.8 Å². The van der Waals surface area contributed by atoms with Gasteiger partial charge in [0.2, 0.25) is 0 Å². The highest BCUT2D eigenvalue weighted by atomic mass is 35.5. The third-order valence-corrected chi connectivity index (χ3v) is 3.44. The van der Waals surface area contributed by atoms with Crippen molar-refractivity contribution < 1.29 is 13.2 Å². The summed E-state index contributed by atoms with van der Waals surface area (Å²) in [4.78, 5) is 3.76. The lowest BCUT2D eigenvalue weighted by atomic mass is 9.95. The lowest BCUT2D eigenvalue weighted by molar-refractivity contribution is -0.137. The highest BCUT2D eigenvalue weighted by molar-refractivity contribution is 6.33. The fraction of sp³-hybridized carbons (Fsp3) is 0.583. The zero-order chi connectivity index (χ0) is 14.0. The first-order valence-electron chi connectivity index (χ1n) is 5.73. The monoisotopic (exact) mass is 280 g/mol. The second-order valence-electron chi connectivity index (χ2n) is 4.44. The lowest BCUT2D eigenvalue weighted by Crippen LogP contribution is -2.33. The molecule has 0 aliphatic heterocycles. The minimum atomic E-state index is -4.42. The first kappa shape index (κ1) is 15.1. The minimum absolute atomic E-state index is 0.0158. The second-order valence-corrected chi connectivity index (χ2v) is 4.85. The van der Waals surface area contributed by atoms with Crippen LogP contribution in [0.2, 0.25) is 5.02 Å². The second kappa shape index (κ2) is 5.34. The van der Waals surface area contributed by atoms with Gasteiger partial charge in [-0.1, -0.05) is 25.4 Å². The van der Waals surface area contributed by atoms with Crippen LogP contribution in [-0.2, 0) is 6.18 Å². The molecule has 0 atom stereocenters. The molecule has 1 aromatic heterocycles. The first-order valence-corrected chi connectivity index (χ1v) is 6.10. The Hall–Kier alpha value is -0.970. The quantitative estimate of drug-likeness (QED) is 0.861. The predicted octanol–water partition coefficient (Wildman–Crippen LogP) is 4.74. The normalized spacial score (nSPS) is 12.6. The van der Waals surface area contributed by atoms with Crippen molar-refractivity contribution in [1.82, 2.24) is 4.98 Å². The van der Waals surface area contributed by atoms with Crippen molar-refractivity contribution in [2.24, 2.45) is 0 Å². The van der Waals surface area contributed by atoms with E-state index in [9.17, 15) is 13.2 Å². The van der Waals surface area contributed by atoms with Crippen molar-refractivity contribution >= 4 is 17.4 Å². The van der Waals surface area contributed by atoms with E-state index in [1.54, 1.807) is 0 Å². The maximum Gasteiger partial charge on any atom is 0.417 e. The van der Waals surface area contributed by atoms with Crippen LogP contribution >= 0.6 is 11.6 Å².